The molecule has 0 unspecified atom stereocenters. The van der Waals surface area contributed by atoms with Crippen LogP contribution >= 0.6 is 0 Å². The van der Waals surface area contributed by atoms with Crippen molar-refractivity contribution >= 4 is 5.91 Å². The predicted octanol–water partition coefficient (Wildman–Crippen LogP) is 3.00. The fourth-order valence-corrected chi connectivity index (χ4v) is 2.72. The lowest BCUT2D eigenvalue weighted by atomic mass is 9.75. The molecular weight excluding hydrogens is 236 g/mol. The Labute approximate surface area is 113 Å². The van der Waals surface area contributed by atoms with Gasteiger partial charge in [-0.15, -0.1) is 0 Å². The predicted molar refractivity (Wildman–Crippen MR) is 75.2 cm³/mol. The van der Waals surface area contributed by atoms with Crippen LogP contribution in [0.3, 0.4) is 0 Å². The number of carbonyl (C=O) groups excluding carboxylic acids is 1. The van der Waals surface area contributed by atoms with Gasteiger partial charge in [-0.2, -0.15) is 0 Å². The second-order valence-electron chi connectivity index (χ2n) is 5.19. The lowest BCUT2D eigenvalue weighted by Gasteiger charge is -2.37. The van der Waals surface area contributed by atoms with Gasteiger partial charge < -0.3 is 10.3 Å². The van der Waals surface area contributed by atoms with Crippen LogP contribution in [0.25, 0.3) is 0 Å². The van der Waals surface area contributed by atoms with Crippen molar-refractivity contribution in [2.45, 2.75) is 31.7 Å². The molecule has 1 aromatic carbocycles. The maximum atomic E-state index is 12.2. The van der Waals surface area contributed by atoms with Crippen molar-refractivity contribution in [2.24, 2.45) is 0 Å². The molecule has 3 heteroatoms. The topological polar surface area (TPSA) is 44.9 Å². The molecule has 3 rings (SSSR count). The van der Waals surface area contributed by atoms with Crippen LogP contribution < -0.4 is 5.32 Å². The van der Waals surface area contributed by atoms with E-state index < -0.39 is 0 Å². The largest absolute Gasteiger partial charge is 0.365 e. The second kappa shape index (κ2) is 4.92. The number of hydrogen-bond acceptors (Lipinski definition) is 1. The standard InChI is InChI=1S/C16H18N2O/c1-11-13(9-10-17-11)16(19)18-15-8-7-14(15)12-5-3-2-4-6-12/h2-6,9-10,14-15,17H,7-8H2,1H3,(H,18,19)/t14-,15-/m1/s1. The van der Waals surface area contributed by atoms with Gasteiger partial charge >= 0.3 is 0 Å². The van der Waals surface area contributed by atoms with Gasteiger partial charge in [0.25, 0.3) is 5.91 Å². The number of rotatable bonds is 3. The molecule has 3 nitrogen and oxygen atoms in total. The van der Waals surface area contributed by atoms with Gasteiger partial charge in [0, 0.05) is 23.9 Å². The summed E-state index contributed by atoms with van der Waals surface area (Å²) in [5.41, 5.74) is 3.00. The molecule has 98 valence electrons. The third-order valence-electron chi connectivity index (χ3n) is 4.02. The van der Waals surface area contributed by atoms with Gasteiger partial charge in [0.1, 0.15) is 0 Å². The average Bonchev–Trinajstić information content (AvgIpc) is 2.82. The molecular formula is C16H18N2O. The van der Waals surface area contributed by atoms with Gasteiger partial charge in [-0.1, -0.05) is 30.3 Å². The van der Waals surface area contributed by atoms with Crippen LogP contribution in [-0.4, -0.2) is 16.9 Å². The van der Waals surface area contributed by atoms with Gasteiger partial charge in [0.15, 0.2) is 0 Å². The summed E-state index contributed by atoms with van der Waals surface area (Å²) >= 11 is 0. The highest BCUT2D eigenvalue weighted by Gasteiger charge is 2.33. The zero-order valence-corrected chi connectivity index (χ0v) is 11.0. The minimum Gasteiger partial charge on any atom is -0.365 e. The van der Waals surface area contributed by atoms with E-state index in [1.807, 2.05) is 19.1 Å². The number of H-pyrrole nitrogens is 1. The van der Waals surface area contributed by atoms with E-state index in [1.54, 1.807) is 6.20 Å². The zero-order valence-electron chi connectivity index (χ0n) is 11.0. The summed E-state index contributed by atoms with van der Waals surface area (Å²) in [4.78, 5) is 15.2. The summed E-state index contributed by atoms with van der Waals surface area (Å²) in [7, 11) is 0. The average molecular weight is 254 g/mol. The van der Waals surface area contributed by atoms with Crippen molar-refractivity contribution in [1.29, 1.82) is 0 Å². The summed E-state index contributed by atoms with van der Waals surface area (Å²) in [5.74, 6) is 0.494. The van der Waals surface area contributed by atoms with Crippen LogP contribution in [0.5, 0.6) is 0 Å². The summed E-state index contributed by atoms with van der Waals surface area (Å²) in [5, 5.41) is 3.15. The van der Waals surface area contributed by atoms with Crippen molar-refractivity contribution < 1.29 is 4.79 Å². The van der Waals surface area contributed by atoms with Crippen molar-refractivity contribution in [1.82, 2.24) is 10.3 Å². The summed E-state index contributed by atoms with van der Waals surface area (Å²) in [6.07, 6.45) is 4.02. The fraction of sp³-hybridized carbons (Fsp3) is 0.312. The van der Waals surface area contributed by atoms with Crippen molar-refractivity contribution in [3.8, 4) is 0 Å². The van der Waals surface area contributed by atoms with Crippen LogP contribution in [0.4, 0.5) is 0 Å². The molecule has 1 heterocycles. The Bertz CT molecular complexity index is 573. The zero-order chi connectivity index (χ0) is 13.2. The molecule has 1 fully saturated rings. The number of carbonyl (C=O) groups is 1. The molecule has 1 amide bonds. The van der Waals surface area contributed by atoms with E-state index >= 15 is 0 Å². The van der Waals surface area contributed by atoms with Crippen LogP contribution in [-0.2, 0) is 0 Å². The first-order chi connectivity index (χ1) is 9.25. The molecule has 1 aliphatic rings. The third-order valence-corrected chi connectivity index (χ3v) is 4.02. The van der Waals surface area contributed by atoms with Gasteiger partial charge in [-0.3, -0.25) is 4.79 Å². The Morgan fingerprint density at radius 1 is 1.21 bits per heavy atom. The van der Waals surface area contributed by atoms with E-state index in [0.717, 1.165) is 24.1 Å². The van der Waals surface area contributed by atoms with E-state index in [9.17, 15) is 4.79 Å². The first-order valence-electron chi connectivity index (χ1n) is 6.75. The molecule has 0 aliphatic heterocycles. The summed E-state index contributed by atoms with van der Waals surface area (Å²) in [6.45, 7) is 1.92. The van der Waals surface area contributed by atoms with Gasteiger partial charge in [-0.25, -0.2) is 0 Å². The lowest BCUT2D eigenvalue weighted by Crippen LogP contribution is -2.45. The first kappa shape index (κ1) is 12.0. The molecule has 1 aromatic heterocycles. The molecule has 2 aromatic rings. The van der Waals surface area contributed by atoms with E-state index in [2.05, 4.69) is 34.6 Å². The highest BCUT2D eigenvalue weighted by atomic mass is 16.1. The molecule has 1 aliphatic carbocycles. The second-order valence-corrected chi connectivity index (χ2v) is 5.19. The van der Waals surface area contributed by atoms with E-state index in [-0.39, 0.29) is 11.9 Å². The minimum atomic E-state index is 0.0318. The van der Waals surface area contributed by atoms with Crippen LogP contribution in [0.1, 0.15) is 40.4 Å². The highest BCUT2D eigenvalue weighted by molar-refractivity contribution is 5.95. The van der Waals surface area contributed by atoms with Crippen molar-refractivity contribution in [3.05, 3.63) is 59.4 Å². The number of nitrogens with one attached hydrogen (secondary N) is 2. The SMILES string of the molecule is Cc1[nH]ccc1C(=O)N[C@@H]1CC[C@@H]1c1ccccc1. The number of aromatic amines is 1. The van der Waals surface area contributed by atoms with Crippen LogP contribution in [0, 0.1) is 6.92 Å². The van der Waals surface area contributed by atoms with Gasteiger partial charge in [0.05, 0.1) is 5.56 Å². The van der Waals surface area contributed by atoms with Gasteiger partial charge in [-0.05, 0) is 31.4 Å². The minimum absolute atomic E-state index is 0.0318. The van der Waals surface area contributed by atoms with Gasteiger partial charge in [0.2, 0.25) is 0 Å². The fourth-order valence-electron chi connectivity index (χ4n) is 2.72. The lowest BCUT2D eigenvalue weighted by molar-refractivity contribution is 0.0904. The van der Waals surface area contributed by atoms with Crippen molar-refractivity contribution in [2.75, 3.05) is 0 Å². The quantitative estimate of drug-likeness (QED) is 0.869. The van der Waals surface area contributed by atoms with E-state index in [4.69, 9.17) is 0 Å². The molecule has 0 saturated heterocycles. The van der Waals surface area contributed by atoms with Crippen molar-refractivity contribution in [3.63, 3.8) is 0 Å². The van der Waals surface area contributed by atoms with Crippen LogP contribution in [0.15, 0.2) is 42.6 Å². The first-order valence-corrected chi connectivity index (χ1v) is 6.75. The summed E-state index contributed by atoms with van der Waals surface area (Å²) < 4.78 is 0. The van der Waals surface area contributed by atoms with E-state index in [0.29, 0.717) is 5.92 Å². The Balaban J connectivity index is 1.68. The maximum absolute atomic E-state index is 12.2. The molecule has 0 radical (unpaired) electrons. The number of aryl methyl sites for hydroxylation is 1. The summed E-state index contributed by atoms with van der Waals surface area (Å²) in [6, 6.07) is 12.5. The third kappa shape index (κ3) is 2.28. The molecule has 2 atom stereocenters. The molecule has 0 spiro atoms. The highest BCUT2D eigenvalue weighted by Crippen LogP contribution is 2.36. The number of amides is 1. The Kier molecular flexibility index (Phi) is 3.11. The van der Waals surface area contributed by atoms with Crippen LogP contribution in [0.2, 0.25) is 0 Å². The number of hydrogen-bond donors (Lipinski definition) is 2. The van der Waals surface area contributed by atoms with E-state index in [1.165, 1.54) is 5.56 Å². The maximum Gasteiger partial charge on any atom is 0.253 e. The normalized spacial score (nSPS) is 21.7. The Hall–Kier alpha value is -2.03. The smallest absolute Gasteiger partial charge is 0.253 e. The Morgan fingerprint density at radius 3 is 2.58 bits per heavy atom. The number of aromatic nitrogens is 1. The molecule has 0 bridgehead atoms. The molecule has 2 N–H and O–H groups in total. The molecule has 19 heavy (non-hydrogen) atoms. The number of benzene rings is 1. The molecule has 1 saturated carbocycles. The monoisotopic (exact) mass is 254 g/mol. The Morgan fingerprint density at radius 2 is 2.00 bits per heavy atom.